The Morgan fingerprint density at radius 2 is 1.92 bits per heavy atom. The lowest BCUT2D eigenvalue weighted by molar-refractivity contribution is 0.658. The van der Waals surface area contributed by atoms with Gasteiger partial charge in [-0.3, -0.25) is 0 Å². The monoisotopic (exact) mass is 198 g/mol. The zero-order valence-corrected chi connectivity index (χ0v) is 9.83. The van der Waals surface area contributed by atoms with Crippen molar-refractivity contribution in [3.63, 3.8) is 0 Å². The number of nitrogens with one attached hydrogen (secondary N) is 1. The Morgan fingerprint density at radius 3 is 2.31 bits per heavy atom. The van der Waals surface area contributed by atoms with E-state index in [2.05, 4.69) is 38.0 Å². The smallest absolute Gasteiger partial charge is 0.0956 e. The second-order valence-electron chi connectivity index (χ2n) is 3.67. The van der Waals surface area contributed by atoms with E-state index in [1.165, 1.54) is 15.6 Å². The van der Waals surface area contributed by atoms with E-state index in [9.17, 15) is 0 Å². The Kier molecular flexibility index (Phi) is 3.45. The molecule has 0 unspecified atom stereocenters. The van der Waals surface area contributed by atoms with Crippen molar-refractivity contribution >= 4 is 11.3 Å². The van der Waals surface area contributed by atoms with E-state index in [0.717, 1.165) is 0 Å². The summed E-state index contributed by atoms with van der Waals surface area (Å²) in [5.74, 6) is 0.543. The van der Waals surface area contributed by atoms with Crippen molar-refractivity contribution in [3.05, 3.63) is 15.6 Å². The Bertz CT molecular complexity index is 278. The van der Waals surface area contributed by atoms with Crippen LogP contribution in [0.15, 0.2) is 0 Å². The zero-order chi connectivity index (χ0) is 10.0. The first-order chi connectivity index (χ1) is 6.06. The Labute approximate surface area is 84.4 Å². The van der Waals surface area contributed by atoms with E-state index in [-0.39, 0.29) is 0 Å². The predicted molar refractivity (Wildman–Crippen MR) is 58.4 cm³/mol. The lowest BCUT2D eigenvalue weighted by Gasteiger charge is -2.07. The molecule has 0 aliphatic heterocycles. The van der Waals surface area contributed by atoms with E-state index in [4.69, 9.17) is 0 Å². The van der Waals surface area contributed by atoms with Crippen LogP contribution in [0.5, 0.6) is 0 Å². The number of aromatic nitrogens is 1. The predicted octanol–water partition coefficient (Wildman–Crippen LogP) is 2.86. The van der Waals surface area contributed by atoms with Gasteiger partial charge in [0.25, 0.3) is 0 Å². The van der Waals surface area contributed by atoms with Crippen molar-refractivity contribution in [1.82, 2.24) is 10.3 Å². The molecule has 3 heteroatoms. The first-order valence-corrected chi connectivity index (χ1v) is 5.52. The largest absolute Gasteiger partial charge is 0.312 e. The number of hydrogen-bond donors (Lipinski definition) is 1. The van der Waals surface area contributed by atoms with E-state index in [0.29, 0.717) is 12.0 Å². The first kappa shape index (κ1) is 10.7. The summed E-state index contributed by atoms with van der Waals surface area (Å²) in [6.07, 6.45) is 0. The van der Waals surface area contributed by atoms with Gasteiger partial charge in [0.05, 0.1) is 10.7 Å². The van der Waals surface area contributed by atoms with Crippen LogP contribution in [0.2, 0.25) is 0 Å². The van der Waals surface area contributed by atoms with Gasteiger partial charge in [0, 0.05) is 16.8 Å². The molecule has 0 saturated heterocycles. The summed E-state index contributed by atoms with van der Waals surface area (Å²) < 4.78 is 0. The molecule has 0 saturated carbocycles. The summed E-state index contributed by atoms with van der Waals surface area (Å²) in [7, 11) is 1.98. The highest BCUT2D eigenvalue weighted by Crippen LogP contribution is 2.28. The molecule has 0 aliphatic carbocycles. The molecule has 0 spiro atoms. The van der Waals surface area contributed by atoms with E-state index < -0.39 is 0 Å². The third-order valence-corrected chi connectivity index (χ3v) is 3.81. The van der Waals surface area contributed by atoms with Gasteiger partial charge in [0.1, 0.15) is 0 Å². The minimum absolute atomic E-state index is 0.421. The summed E-state index contributed by atoms with van der Waals surface area (Å²) in [6.45, 7) is 8.63. The van der Waals surface area contributed by atoms with Crippen molar-refractivity contribution in [2.24, 2.45) is 0 Å². The molecule has 1 aromatic rings. The first-order valence-electron chi connectivity index (χ1n) is 4.70. The van der Waals surface area contributed by atoms with E-state index >= 15 is 0 Å². The van der Waals surface area contributed by atoms with Gasteiger partial charge in [-0.05, 0) is 20.9 Å². The van der Waals surface area contributed by atoms with Gasteiger partial charge in [0.15, 0.2) is 0 Å². The lowest BCUT2D eigenvalue weighted by atomic mass is 10.2. The lowest BCUT2D eigenvalue weighted by Crippen LogP contribution is -2.11. The fourth-order valence-corrected chi connectivity index (χ4v) is 2.34. The molecule has 1 heterocycles. The SMILES string of the molecule is CN[C@@H](C)c1sc(C(C)C)nc1C. The molecule has 0 radical (unpaired) electrons. The summed E-state index contributed by atoms with van der Waals surface area (Å²) in [6, 6.07) is 0.421. The average Bonchev–Trinajstić information content (AvgIpc) is 2.46. The van der Waals surface area contributed by atoms with Crippen molar-refractivity contribution in [1.29, 1.82) is 0 Å². The van der Waals surface area contributed by atoms with Crippen LogP contribution in [-0.4, -0.2) is 12.0 Å². The molecule has 0 bridgehead atoms. The van der Waals surface area contributed by atoms with Crippen LogP contribution >= 0.6 is 11.3 Å². The van der Waals surface area contributed by atoms with Gasteiger partial charge in [-0.25, -0.2) is 4.98 Å². The topological polar surface area (TPSA) is 24.9 Å². The van der Waals surface area contributed by atoms with Crippen LogP contribution in [0.3, 0.4) is 0 Å². The van der Waals surface area contributed by atoms with Gasteiger partial charge in [-0.15, -0.1) is 11.3 Å². The Hall–Kier alpha value is -0.410. The summed E-state index contributed by atoms with van der Waals surface area (Å²) in [4.78, 5) is 5.92. The molecule has 74 valence electrons. The molecule has 2 nitrogen and oxygen atoms in total. The van der Waals surface area contributed by atoms with Crippen LogP contribution in [0.25, 0.3) is 0 Å². The third-order valence-electron chi connectivity index (χ3n) is 2.17. The molecule has 0 amide bonds. The zero-order valence-electron chi connectivity index (χ0n) is 9.01. The number of thiazole rings is 1. The highest BCUT2D eigenvalue weighted by Gasteiger charge is 2.13. The molecule has 0 aliphatic rings. The number of nitrogens with zero attached hydrogens (tertiary/aromatic N) is 1. The summed E-state index contributed by atoms with van der Waals surface area (Å²) >= 11 is 1.83. The molecule has 0 aromatic carbocycles. The maximum Gasteiger partial charge on any atom is 0.0956 e. The molecule has 1 rings (SSSR count). The number of hydrogen-bond acceptors (Lipinski definition) is 3. The van der Waals surface area contributed by atoms with Crippen LogP contribution < -0.4 is 5.32 Å². The van der Waals surface area contributed by atoms with Gasteiger partial charge in [-0.1, -0.05) is 13.8 Å². The van der Waals surface area contributed by atoms with Gasteiger partial charge in [0.2, 0.25) is 0 Å². The molecule has 0 fully saturated rings. The highest BCUT2D eigenvalue weighted by molar-refractivity contribution is 7.11. The Morgan fingerprint density at radius 1 is 1.31 bits per heavy atom. The van der Waals surface area contributed by atoms with Crippen molar-refractivity contribution in [2.75, 3.05) is 7.05 Å². The van der Waals surface area contributed by atoms with Crippen molar-refractivity contribution in [2.45, 2.75) is 39.7 Å². The molecular formula is C10H18N2S. The average molecular weight is 198 g/mol. The third kappa shape index (κ3) is 2.29. The second-order valence-corrected chi connectivity index (χ2v) is 4.73. The molecule has 1 atom stereocenters. The standard InChI is InChI=1S/C10H18N2S/c1-6(2)10-12-8(4)9(13-10)7(3)11-5/h6-7,11H,1-5H3/t7-/m0/s1. The normalized spacial score (nSPS) is 13.7. The number of aryl methyl sites for hydroxylation is 1. The van der Waals surface area contributed by atoms with Crippen LogP contribution in [0, 0.1) is 6.92 Å². The fourth-order valence-electron chi connectivity index (χ4n) is 1.21. The van der Waals surface area contributed by atoms with Gasteiger partial charge >= 0.3 is 0 Å². The summed E-state index contributed by atoms with van der Waals surface area (Å²) in [5.41, 5.74) is 1.18. The van der Waals surface area contributed by atoms with Crippen molar-refractivity contribution in [3.8, 4) is 0 Å². The maximum atomic E-state index is 4.56. The van der Waals surface area contributed by atoms with E-state index in [1.807, 2.05) is 18.4 Å². The molecular weight excluding hydrogens is 180 g/mol. The molecule has 1 aromatic heterocycles. The minimum Gasteiger partial charge on any atom is -0.312 e. The molecule has 13 heavy (non-hydrogen) atoms. The fraction of sp³-hybridized carbons (Fsp3) is 0.700. The van der Waals surface area contributed by atoms with Gasteiger partial charge in [-0.2, -0.15) is 0 Å². The minimum atomic E-state index is 0.421. The van der Waals surface area contributed by atoms with Crippen LogP contribution in [-0.2, 0) is 0 Å². The van der Waals surface area contributed by atoms with Crippen LogP contribution in [0.4, 0.5) is 0 Å². The second kappa shape index (κ2) is 4.20. The van der Waals surface area contributed by atoms with Crippen molar-refractivity contribution < 1.29 is 0 Å². The van der Waals surface area contributed by atoms with Gasteiger partial charge < -0.3 is 5.32 Å². The quantitative estimate of drug-likeness (QED) is 0.808. The molecule has 1 N–H and O–H groups in total. The Balaban J connectivity index is 2.96. The highest BCUT2D eigenvalue weighted by atomic mass is 32.1. The van der Waals surface area contributed by atoms with E-state index in [1.54, 1.807) is 0 Å². The summed E-state index contributed by atoms with van der Waals surface area (Å²) in [5, 5.41) is 4.49. The van der Waals surface area contributed by atoms with Crippen LogP contribution in [0.1, 0.15) is 48.3 Å². The number of rotatable bonds is 3. The maximum absolute atomic E-state index is 4.56.